The Hall–Kier alpha value is -0.860. The Morgan fingerprint density at radius 2 is 1.96 bits per heavy atom. The normalized spacial score (nSPS) is 39.0. The highest BCUT2D eigenvalue weighted by atomic mass is 16.5. The average molecular weight is 328 g/mol. The molecule has 0 aromatic heterocycles. The van der Waals surface area contributed by atoms with Crippen molar-refractivity contribution in [2.75, 3.05) is 14.2 Å². The predicted octanol–water partition coefficient (Wildman–Crippen LogP) is 5.27. The fourth-order valence-electron chi connectivity index (χ4n) is 6.33. The Morgan fingerprint density at radius 1 is 1.12 bits per heavy atom. The summed E-state index contributed by atoms with van der Waals surface area (Å²) in [4.78, 5) is 0. The van der Waals surface area contributed by atoms with Gasteiger partial charge in [-0.25, -0.2) is 0 Å². The second kappa shape index (κ2) is 6.14. The van der Waals surface area contributed by atoms with Crippen LogP contribution in [-0.4, -0.2) is 20.3 Å². The molecule has 24 heavy (non-hydrogen) atoms. The summed E-state index contributed by atoms with van der Waals surface area (Å²) >= 11 is 0. The molecule has 4 rings (SSSR count). The van der Waals surface area contributed by atoms with E-state index in [1.165, 1.54) is 44.1 Å². The summed E-state index contributed by atoms with van der Waals surface area (Å²) in [6.45, 7) is 4.65. The molecule has 132 valence electrons. The van der Waals surface area contributed by atoms with Crippen molar-refractivity contribution in [1.82, 2.24) is 0 Å². The van der Waals surface area contributed by atoms with Gasteiger partial charge in [-0.05, 0) is 85.3 Å². The maximum atomic E-state index is 5.87. The van der Waals surface area contributed by atoms with Gasteiger partial charge < -0.3 is 9.47 Å². The van der Waals surface area contributed by atoms with E-state index in [2.05, 4.69) is 32.0 Å². The van der Waals surface area contributed by atoms with Gasteiger partial charge in [0.15, 0.2) is 0 Å². The van der Waals surface area contributed by atoms with Crippen molar-refractivity contribution in [3.8, 4) is 0 Å². The zero-order chi connectivity index (χ0) is 16.9. The minimum atomic E-state index is 0.194. The van der Waals surface area contributed by atoms with Crippen molar-refractivity contribution in [2.45, 2.75) is 70.5 Å². The first-order valence-electron chi connectivity index (χ1n) is 9.76. The van der Waals surface area contributed by atoms with E-state index in [4.69, 9.17) is 9.47 Å². The van der Waals surface area contributed by atoms with Gasteiger partial charge in [0.2, 0.25) is 0 Å². The van der Waals surface area contributed by atoms with Crippen LogP contribution < -0.4 is 0 Å². The maximum absolute atomic E-state index is 5.87. The minimum absolute atomic E-state index is 0.194. The molecule has 0 aliphatic heterocycles. The number of ether oxygens (including phenoxy) is 2. The maximum Gasteiger partial charge on any atom is 0.0793 e. The third-order valence-electron chi connectivity index (χ3n) is 7.77. The molecule has 2 heteroatoms. The molecule has 0 amide bonds. The molecule has 1 aromatic rings. The van der Waals surface area contributed by atoms with E-state index < -0.39 is 0 Å². The van der Waals surface area contributed by atoms with E-state index in [0.717, 1.165) is 17.8 Å². The summed E-state index contributed by atoms with van der Waals surface area (Å²) < 4.78 is 11.4. The Balaban J connectivity index is 1.63. The summed E-state index contributed by atoms with van der Waals surface area (Å²) in [6, 6.07) is 7.14. The van der Waals surface area contributed by atoms with E-state index in [1.807, 2.05) is 7.11 Å². The van der Waals surface area contributed by atoms with Gasteiger partial charge in [0.05, 0.1) is 12.2 Å². The van der Waals surface area contributed by atoms with Crippen molar-refractivity contribution in [3.05, 3.63) is 34.9 Å². The number of hydrogen-bond acceptors (Lipinski definition) is 2. The molecule has 3 aliphatic carbocycles. The lowest BCUT2D eigenvalue weighted by atomic mass is 9.55. The fourth-order valence-corrected chi connectivity index (χ4v) is 6.33. The zero-order valence-corrected chi connectivity index (χ0v) is 15.7. The molecule has 2 nitrogen and oxygen atoms in total. The average Bonchev–Trinajstić information content (AvgIpc) is 2.96. The van der Waals surface area contributed by atoms with E-state index >= 15 is 0 Å². The van der Waals surface area contributed by atoms with Gasteiger partial charge in [-0.3, -0.25) is 0 Å². The topological polar surface area (TPSA) is 18.5 Å². The highest BCUT2D eigenvalue weighted by molar-refractivity contribution is 5.39. The number of hydrogen-bond donors (Lipinski definition) is 0. The van der Waals surface area contributed by atoms with Gasteiger partial charge in [0.25, 0.3) is 0 Å². The molecular weight excluding hydrogens is 296 g/mol. The Kier molecular flexibility index (Phi) is 4.25. The van der Waals surface area contributed by atoms with E-state index in [0.29, 0.717) is 11.5 Å². The molecule has 1 unspecified atom stereocenters. The van der Waals surface area contributed by atoms with E-state index in [-0.39, 0.29) is 6.10 Å². The van der Waals surface area contributed by atoms with Crippen LogP contribution in [0.4, 0.5) is 0 Å². The summed E-state index contributed by atoms with van der Waals surface area (Å²) in [5.74, 6) is 2.49. The van der Waals surface area contributed by atoms with Gasteiger partial charge >= 0.3 is 0 Å². The summed E-state index contributed by atoms with van der Waals surface area (Å²) in [5, 5.41) is 0. The lowest BCUT2D eigenvalue weighted by molar-refractivity contribution is -0.0444. The standard InChI is InChI=1S/C22H32O2/c1-14(23-3)15-5-7-17-16(13-15)6-8-19-18(17)11-12-22(2)20(19)9-10-21(22)24-4/h5,7,13-14,18-21H,6,8-12H2,1-4H3/t14?,18-,19-,20+,21+,22+/m1/s1. The van der Waals surface area contributed by atoms with Crippen LogP contribution in [0.15, 0.2) is 18.2 Å². The zero-order valence-electron chi connectivity index (χ0n) is 15.7. The van der Waals surface area contributed by atoms with Crippen LogP contribution in [-0.2, 0) is 15.9 Å². The SMILES string of the molecule is COC(C)c1ccc2c(c1)CC[C@@H]1[C@@H]2CC[C@]2(C)[C@@H](OC)CC[C@@H]12. The van der Waals surface area contributed by atoms with Crippen molar-refractivity contribution in [2.24, 2.45) is 17.3 Å². The number of benzene rings is 1. The second-order valence-corrected chi connectivity index (χ2v) is 8.60. The van der Waals surface area contributed by atoms with Crippen LogP contribution in [0.25, 0.3) is 0 Å². The molecule has 0 saturated heterocycles. The molecule has 2 saturated carbocycles. The van der Waals surface area contributed by atoms with Crippen LogP contribution >= 0.6 is 0 Å². The highest BCUT2D eigenvalue weighted by Gasteiger charge is 2.54. The van der Waals surface area contributed by atoms with Crippen molar-refractivity contribution in [3.63, 3.8) is 0 Å². The first-order chi connectivity index (χ1) is 11.6. The Bertz CT molecular complexity index is 610. The lowest BCUT2D eigenvalue weighted by Gasteiger charge is -2.50. The first kappa shape index (κ1) is 16.6. The molecule has 0 heterocycles. The van der Waals surface area contributed by atoms with Crippen molar-refractivity contribution < 1.29 is 9.47 Å². The second-order valence-electron chi connectivity index (χ2n) is 8.60. The quantitative estimate of drug-likeness (QED) is 0.753. The third-order valence-corrected chi connectivity index (χ3v) is 7.77. The molecule has 0 radical (unpaired) electrons. The largest absolute Gasteiger partial charge is 0.381 e. The predicted molar refractivity (Wildman–Crippen MR) is 97.3 cm³/mol. The molecule has 0 spiro atoms. The smallest absolute Gasteiger partial charge is 0.0793 e. The van der Waals surface area contributed by atoms with Gasteiger partial charge in [-0.2, -0.15) is 0 Å². The minimum Gasteiger partial charge on any atom is -0.381 e. The van der Waals surface area contributed by atoms with Gasteiger partial charge in [0.1, 0.15) is 0 Å². The van der Waals surface area contributed by atoms with E-state index in [9.17, 15) is 0 Å². The van der Waals surface area contributed by atoms with E-state index in [1.54, 1.807) is 18.2 Å². The first-order valence-corrected chi connectivity index (χ1v) is 9.76. The summed E-state index contributed by atoms with van der Waals surface area (Å²) in [7, 11) is 3.72. The lowest BCUT2D eigenvalue weighted by Crippen LogP contribution is -2.44. The van der Waals surface area contributed by atoms with Crippen LogP contribution in [0.3, 0.4) is 0 Å². The number of fused-ring (bicyclic) bond motifs is 5. The fraction of sp³-hybridized carbons (Fsp3) is 0.727. The monoisotopic (exact) mass is 328 g/mol. The summed E-state index contributed by atoms with van der Waals surface area (Å²) in [6.07, 6.45) is 8.57. The van der Waals surface area contributed by atoms with Crippen molar-refractivity contribution >= 4 is 0 Å². The molecular formula is C22H32O2. The van der Waals surface area contributed by atoms with Crippen molar-refractivity contribution in [1.29, 1.82) is 0 Å². The number of aryl methyl sites for hydroxylation is 1. The Morgan fingerprint density at radius 3 is 2.71 bits per heavy atom. The molecule has 0 bridgehead atoms. The van der Waals surface area contributed by atoms with Gasteiger partial charge in [0, 0.05) is 14.2 Å². The Labute approximate surface area is 146 Å². The number of methoxy groups -OCH3 is 2. The van der Waals surface area contributed by atoms with Crippen LogP contribution in [0, 0.1) is 17.3 Å². The molecule has 0 N–H and O–H groups in total. The molecule has 3 aliphatic rings. The van der Waals surface area contributed by atoms with Crippen LogP contribution in [0.5, 0.6) is 0 Å². The molecule has 2 fully saturated rings. The highest BCUT2D eigenvalue weighted by Crippen LogP contribution is 2.61. The summed E-state index contributed by atoms with van der Waals surface area (Å²) in [5.41, 5.74) is 4.97. The van der Waals surface area contributed by atoms with Gasteiger partial charge in [-0.1, -0.05) is 25.1 Å². The number of rotatable bonds is 3. The van der Waals surface area contributed by atoms with Crippen LogP contribution in [0.2, 0.25) is 0 Å². The van der Waals surface area contributed by atoms with Gasteiger partial charge in [-0.15, -0.1) is 0 Å². The van der Waals surface area contributed by atoms with Crippen LogP contribution in [0.1, 0.15) is 74.7 Å². The third kappa shape index (κ3) is 2.37. The molecule has 6 atom stereocenters. The molecule has 1 aromatic carbocycles.